The van der Waals surface area contributed by atoms with Gasteiger partial charge in [0.1, 0.15) is 0 Å². The van der Waals surface area contributed by atoms with Crippen molar-refractivity contribution >= 4 is 49.7 Å². The summed E-state index contributed by atoms with van der Waals surface area (Å²) in [5.74, 6) is -0.248. The van der Waals surface area contributed by atoms with Crippen LogP contribution in [0.2, 0.25) is 0 Å². The molecule has 1 aromatic heterocycles. The van der Waals surface area contributed by atoms with Crippen LogP contribution in [0.5, 0.6) is 0 Å². The first kappa shape index (κ1) is 20.2. The number of aromatic nitrogens is 1. The van der Waals surface area contributed by atoms with Crippen LogP contribution in [0.1, 0.15) is 21.5 Å². The van der Waals surface area contributed by atoms with Gasteiger partial charge in [-0.25, -0.2) is 5.43 Å². The smallest absolute Gasteiger partial charge is 0.271 e. The highest BCUT2D eigenvalue weighted by atomic mass is 79.9. The standard InChI is InChI=1S/C27H20BrN3O/c28-24-9-5-8-22(15-24)27(32)30-29-16-23-18-31(26-11-4-3-10-25(23)26)17-19-12-13-20-6-1-2-7-21(20)14-19/h1-16,18H,17H2,(H,30,32)/b29-16+. The maximum atomic E-state index is 12.4. The summed E-state index contributed by atoms with van der Waals surface area (Å²) < 4.78 is 3.07. The van der Waals surface area contributed by atoms with Crippen LogP contribution in [0.4, 0.5) is 0 Å². The molecule has 5 rings (SSSR count). The monoisotopic (exact) mass is 481 g/mol. The summed E-state index contributed by atoms with van der Waals surface area (Å²) in [4.78, 5) is 12.4. The number of fused-ring (bicyclic) bond motifs is 2. The molecule has 5 heteroatoms. The Kier molecular flexibility index (Phi) is 5.57. The Hall–Kier alpha value is -3.70. The summed E-state index contributed by atoms with van der Waals surface area (Å²) in [6, 6.07) is 30.4. The molecule has 0 saturated heterocycles. The van der Waals surface area contributed by atoms with E-state index in [-0.39, 0.29) is 5.91 Å². The fourth-order valence-corrected chi connectivity index (χ4v) is 4.30. The Balaban J connectivity index is 1.40. The van der Waals surface area contributed by atoms with Gasteiger partial charge in [0.2, 0.25) is 0 Å². The number of benzene rings is 4. The maximum absolute atomic E-state index is 12.4. The van der Waals surface area contributed by atoms with E-state index >= 15 is 0 Å². The van der Waals surface area contributed by atoms with E-state index in [1.807, 2.05) is 24.3 Å². The zero-order chi connectivity index (χ0) is 21.9. The van der Waals surface area contributed by atoms with Crippen LogP contribution in [-0.2, 0) is 6.54 Å². The lowest BCUT2D eigenvalue weighted by Crippen LogP contribution is -2.17. The number of hydrogen-bond donors (Lipinski definition) is 1. The summed E-state index contributed by atoms with van der Waals surface area (Å²) in [5.41, 5.74) is 6.48. The Morgan fingerprint density at radius 3 is 2.59 bits per heavy atom. The van der Waals surface area contributed by atoms with Gasteiger partial charge in [-0.05, 0) is 46.7 Å². The zero-order valence-electron chi connectivity index (χ0n) is 17.2. The predicted molar refractivity (Wildman–Crippen MR) is 134 cm³/mol. The molecule has 4 aromatic carbocycles. The van der Waals surface area contributed by atoms with Crippen molar-refractivity contribution in [2.75, 3.05) is 0 Å². The molecule has 4 nitrogen and oxygen atoms in total. The molecule has 1 N–H and O–H groups in total. The van der Waals surface area contributed by atoms with E-state index in [1.54, 1.807) is 18.3 Å². The van der Waals surface area contributed by atoms with Crippen LogP contribution < -0.4 is 5.43 Å². The van der Waals surface area contributed by atoms with Gasteiger partial charge < -0.3 is 4.57 Å². The molecule has 0 aliphatic heterocycles. The predicted octanol–water partition coefficient (Wildman–Crippen LogP) is 6.37. The van der Waals surface area contributed by atoms with Crippen molar-refractivity contribution in [2.24, 2.45) is 5.10 Å². The molecule has 1 heterocycles. The van der Waals surface area contributed by atoms with E-state index in [0.29, 0.717) is 5.56 Å². The SMILES string of the molecule is O=C(N/N=C/c1cn(Cc2ccc3ccccc3c2)c2ccccc12)c1cccc(Br)c1. The first-order valence-corrected chi connectivity index (χ1v) is 11.1. The number of halogens is 1. The van der Waals surface area contributed by atoms with Crippen LogP contribution in [-0.4, -0.2) is 16.7 Å². The Morgan fingerprint density at radius 1 is 0.906 bits per heavy atom. The first-order valence-electron chi connectivity index (χ1n) is 10.3. The summed E-state index contributed by atoms with van der Waals surface area (Å²) in [7, 11) is 0. The second-order valence-electron chi connectivity index (χ2n) is 7.62. The van der Waals surface area contributed by atoms with E-state index < -0.39 is 0 Å². The van der Waals surface area contributed by atoms with Crippen LogP contribution in [0.25, 0.3) is 21.7 Å². The van der Waals surface area contributed by atoms with Crippen molar-refractivity contribution in [3.63, 3.8) is 0 Å². The molecule has 0 aliphatic carbocycles. The average molecular weight is 482 g/mol. The van der Waals surface area contributed by atoms with Crippen molar-refractivity contribution in [1.29, 1.82) is 0 Å². The van der Waals surface area contributed by atoms with Gasteiger partial charge in [-0.1, -0.05) is 76.6 Å². The minimum Gasteiger partial charge on any atom is -0.342 e. The molecular formula is C27H20BrN3O. The lowest BCUT2D eigenvalue weighted by molar-refractivity contribution is 0.0955. The van der Waals surface area contributed by atoms with E-state index in [4.69, 9.17) is 0 Å². The topological polar surface area (TPSA) is 46.4 Å². The molecule has 0 aliphatic rings. The van der Waals surface area contributed by atoms with Gasteiger partial charge in [0.05, 0.1) is 6.21 Å². The van der Waals surface area contributed by atoms with E-state index in [2.05, 4.69) is 91.8 Å². The molecule has 156 valence electrons. The number of hydrazone groups is 1. The van der Waals surface area contributed by atoms with E-state index in [9.17, 15) is 4.79 Å². The summed E-state index contributed by atoms with van der Waals surface area (Å²) in [5, 5.41) is 7.77. The number of amides is 1. The quantitative estimate of drug-likeness (QED) is 0.230. The van der Waals surface area contributed by atoms with Crippen LogP contribution in [0.3, 0.4) is 0 Å². The van der Waals surface area contributed by atoms with Gasteiger partial charge >= 0.3 is 0 Å². The largest absolute Gasteiger partial charge is 0.342 e. The minimum absolute atomic E-state index is 0.248. The third kappa shape index (κ3) is 4.20. The number of para-hydroxylation sites is 1. The van der Waals surface area contributed by atoms with Gasteiger partial charge in [-0.15, -0.1) is 0 Å². The third-order valence-corrected chi connectivity index (χ3v) is 5.94. The highest BCUT2D eigenvalue weighted by Gasteiger charge is 2.08. The summed E-state index contributed by atoms with van der Waals surface area (Å²) >= 11 is 3.38. The maximum Gasteiger partial charge on any atom is 0.271 e. The second kappa shape index (κ2) is 8.81. The fourth-order valence-electron chi connectivity index (χ4n) is 3.90. The van der Waals surface area contributed by atoms with Gasteiger partial charge in [0.25, 0.3) is 5.91 Å². The molecule has 0 bridgehead atoms. The van der Waals surface area contributed by atoms with Crippen molar-refractivity contribution in [3.05, 3.63) is 118 Å². The number of nitrogens with one attached hydrogen (secondary N) is 1. The molecule has 0 saturated carbocycles. The highest BCUT2D eigenvalue weighted by molar-refractivity contribution is 9.10. The minimum atomic E-state index is -0.248. The third-order valence-electron chi connectivity index (χ3n) is 5.44. The van der Waals surface area contributed by atoms with Gasteiger partial charge in [0.15, 0.2) is 0 Å². The normalized spacial score (nSPS) is 11.4. The number of carbonyl (C=O) groups is 1. The highest BCUT2D eigenvalue weighted by Crippen LogP contribution is 2.23. The molecule has 0 unspecified atom stereocenters. The van der Waals surface area contributed by atoms with Gasteiger partial charge in [-0.2, -0.15) is 5.10 Å². The first-order chi connectivity index (χ1) is 15.7. The zero-order valence-corrected chi connectivity index (χ0v) is 18.8. The second-order valence-corrected chi connectivity index (χ2v) is 8.54. The van der Waals surface area contributed by atoms with E-state index in [0.717, 1.165) is 27.5 Å². The number of carbonyl (C=O) groups excluding carboxylic acids is 1. The molecular weight excluding hydrogens is 462 g/mol. The van der Waals surface area contributed by atoms with Crippen molar-refractivity contribution in [2.45, 2.75) is 6.54 Å². The molecule has 0 spiro atoms. The molecule has 1 amide bonds. The van der Waals surface area contributed by atoms with Crippen LogP contribution in [0.15, 0.2) is 107 Å². The van der Waals surface area contributed by atoms with Crippen LogP contribution >= 0.6 is 15.9 Å². The molecule has 32 heavy (non-hydrogen) atoms. The van der Waals surface area contributed by atoms with Gasteiger partial charge in [0, 0.05) is 39.2 Å². The summed E-state index contributed by atoms with van der Waals surface area (Å²) in [6.07, 6.45) is 3.78. The molecule has 0 radical (unpaired) electrons. The molecule has 0 atom stereocenters. The van der Waals surface area contributed by atoms with Crippen molar-refractivity contribution in [3.8, 4) is 0 Å². The number of nitrogens with zero attached hydrogens (tertiary/aromatic N) is 2. The lowest BCUT2D eigenvalue weighted by Gasteiger charge is -2.07. The van der Waals surface area contributed by atoms with Gasteiger partial charge in [-0.3, -0.25) is 4.79 Å². The molecule has 5 aromatic rings. The summed E-state index contributed by atoms with van der Waals surface area (Å²) in [6.45, 7) is 0.754. The fraction of sp³-hybridized carbons (Fsp3) is 0.0370. The number of hydrogen-bond acceptors (Lipinski definition) is 2. The Labute approximate surface area is 194 Å². The average Bonchev–Trinajstić information content (AvgIpc) is 3.16. The van der Waals surface area contributed by atoms with Crippen molar-refractivity contribution < 1.29 is 4.79 Å². The van der Waals surface area contributed by atoms with E-state index in [1.165, 1.54) is 16.3 Å². The van der Waals surface area contributed by atoms with Crippen LogP contribution in [0, 0.1) is 0 Å². The number of rotatable bonds is 5. The Morgan fingerprint density at radius 2 is 1.72 bits per heavy atom. The Bertz CT molecular complexity index is 1470. The lowest BCUT2D eigenvalue weighted by atomic mass is 10.1. The molecule has 0 fully saturated rings. The van der Waals surface area contributed by atoms with Crippen molar-refractivity contribution in [1.82, 2.24) is 9.99 Å².